The van der Waals surface area contributed by atoms with Gasteiger partial charge in [0.1, 0.15) is 0 Å². The van der Waals surface area contributed by atoms with Crippen molar-refractivity contribution in [1.82, 2.24) is 10.2 Å². The second-order valence-electron chi connectivity index (χ2n) is 6.55. The molecule has 6 nitrogen and oxygen atoms in total. The summed E-state index contributed by atoms with van der Waals surface area (Å²) in [5, 5.41) is 3.68. The molecule has 126 valence electrons. The molecule has 0 aromatic heterocycles. The van der Waals surface area contributed by atoms with Crippen LogP contribution in [0.15, 0.2) is 0 Å². The molecule has 0 spiro atoms. The van der Waals surface area contributed by atoms with Crippen molar-refractivity contribution >= 4 is 12.0 Å². The van der Waals surface area contributed by atoms with Crippen molar-refractivity contribution in [2.24, 2.45) is 11.7 Å². The molecule has 1 saturated carbocycles. The van der Waals surface area contributed by atoms with E-state index in [0.29, 0.717) is 32.2 Å². The van der Waals surface area contributed by atoms with Crippen molar-refractivity contribution < 1.29 is 14.3 Å². The smallest absolute Gasteiger partial charge is 0.314 e. The first-order valence-electron chi connectivity index (χ1n) is 8.54. The quantitative estimate of drug-likeness (QED) is 0.756. The van der Waals surface area contributed by atoms with E-state index in [2.05, 4.69) is 5.32 Å². The first-order chi connectivity index (χ1) is 10.6. The Labute approximate surface area is 132 Å². The van der Waals surface area contributed by atoms with Gasteiger partial charge in [-0.1, -0.05) is 19.3 Å². The van der Waals surface area contributed by atoms with Crippen LogP contribution in [0.4, 0.5) is 4.79 Å². The number of likely N-dealkylation sites (tertiary alicyclic amines) is 1. The second kappa shape index (κ2) is 8.36. The van der Waals surface area contributed by atoms with Crippen LogP contribution in [-0.4, -0.2) is 48.7 Å². The van der Waals surface area contributed by atoms with Gasteiger partial charge in [-0.2, -0.15) is 0 Å². The number of nitrogens with two attached hydrogens (primary N) is 1. The number of esters is 1. The van der Waals surface area contributed by atoms with E-state index in [0.717, 1.165) is 6.42 Å². The fourth-order valence-corrected chi connectivity index (χ4v) is 3.71. The fourth-order valence-electron chi connectivity index (χ4n) is 3.71. The lowest BCUT2D eigenvalue weighted by Gasteiger charge is -2.39. The first-order valence-corrected chi connectivity index (χ1v) is 8.54. The number of urea groups is 1. The Morgan fingerprint density at radius 2 is 1.91 bits per heavy atom. The monoisotopic (exact) mass is 311 g/mol. The maximum Gasteiger partial charge on any atom is 0.314 e. The third-order valence-corrected chi connectivity index (χ3v) is 4.69. The molecule has 2 fully saturated rings. The van der Waals surface area contributed by atoms with Crippen LogP contribution in [0.1, 0.15) is 51.9 Å². The summed E-state index contributed by atoms with van der Waals surface area (Å²) in [4.78, 5) is 24.9. The summed E-state index contributed by atoms with van der Waals surface area (Å²) in [5.74, 6) is -0.0587. The number of primary amides is 1. The van der Waals surface area contributed by atoms with Gasteiger partial charge in [-0.25, -0.2) is 4.79 Å². The Balaban J connectivity index is 1.90. The Bertz CT molecular complexity index is 383. The van der Waals surface area contributed by atoms with Gasteiger partial charge < -0.3 is 20.7 Å². The van der Waals surface area contributed by atoms with Crippen molar-refractivity contribution in [1.29, 1.82) is 0 Å². The van der Waals surface area contributed by atoms with Crippen molar-refractivity contribution in [3.63, 3.8) is 0 Å². The zero-order valence-electron chi connectivity index (χ0n) is 13.6. The molecule has 2 rings (SSSR count). The highest BCUT2D eigenvalue weighted by molar-refractivity contribution is 5.73. The standard InChI is InChI=1S/C16H29N3O3/c1-2-22-15(20)9-12-8-14(11-19(10-12)16(17)21)18-13-6-4-3-5-7-13/h12-14,18H,2-11H2,1H3,(H2,17,21). The number of nitrogens with zero attached hydrogens (tertiary/aromatic N) is 1. The Kier molecular flexibility index (Phi) is 6.49. The maximum atomic E-state index is 11.7. The molecule has 22 heavy (non-hydrogen) atoms. The largest absolute Gasteiger partial charge is 0.466 e. The predicted molar refractivity (Wildman–Crippen MR) is 84.3 cm³/mol. The molecule has 2 atom stereocenters. The first kappa shape index (κ1) is 17.1. The number of hydrogen-bond donors (Lipinski definition) is 2. The highest BCUT2D eigenvalue weighted by Gasteiger charge is 2.31. The molecular weight excluding hydrogens is 282 g/mol. The molecule has 2 aliphatic rings. The van der Waals surface area contributed by atoms with Crippen LogP contribution in [0, 0.1) is 5.92 Å². The molecular formula is C16H29N3O3. The topological polar surface area (TPSA) is 84.7 Å². The number of nitrogens with one attached hydrogen (secondary N) is 1. The van der Waals surface area contributed by atoms with Gasteiger partial charge in [-0.15, -0.1) is 0 Å². The lowest BCUT2D eigenvalue weighted by atomic mass is 9.89. The van der Waals surface area contributed by atoms with Gasteiger partial charge in [-0.3, -0.25) is 4.79 Å². The number of ether oxygens (including phenoxy) is 1. The molecule has 0 aromatic carbocycles. The summed E-state index contributed by atoms with van der Waals surface area (Å²) in [5.41, 5.74) is 5.46. The molecule has 2 amide bonds. The molecule has 1 aliphatic carbocycles. The molecule has 1 heterocycles. The van der Waals surface area contributed by atoms with E-state index in [4.69, 9.17) is 10.5 Å². The molecule has 0 bridgehead atoms. The molecule has 1 saturated heterocycles. The van der Waals surface area contributed by atoms with Gasteiger partial charge in [0.15, 0.2) is 0 Å². The van der Waals surface area contributed by atoms with E-state index in [1.54, 1.807) is 4.90 Å². The predicted octanol–water partition coefficient (Wildman–Crippen LogP) is 1.63. The van der Waals surface area contributed by atoms with E-state index < -0.39 is 6.03 Å². The van der Waals surface area contributed by atoms with Gasteiger partial charge in [0, 0.05) is 25.2 Å². The maximum absolute atomic E-state index is 11.7. The third-order valence-electron chi connectivity index (χ3n) is 4.69. The van der Waals surface area contributed by atoms with Crippen LogP contribution in [0.25, 0.3) is 0 Å². The number of carbonyl (C=O) groups is 2. The summed E-state index contributed by atoms with van der Waals surface area (Å²) >= 11 is 0. The number of piperidine rings is 1. The fraction of sp³-hybridized carbons (Fsp3) is 0.875. The van der Waals surface area contributed by atoms with Gasteiger partial charge in [0.2, 0.25) is 0 Å². The van der Waals surface area contributed by atoms with Crippen LogP contribution in [0.3, 0.4) is 0 Å². The van der Waals surface area contributed by atoms with Gasteiger partial charge in [-0.05, 0) is 32.1 Å². The summed E-state index contributed by atoms with van der Waals surface area (Å²) in [6.45, 7) is 3.40. The average Bonchev–Trinajstić information content (AvgIpc) is 2.48. The minimum atomic E-state index is -0.399. The minimum Gasteiger partial charge on any atom is -0.466 e. The lowest BCUT2D eigenvalue weighted by molar-refractivity contribution is -0.144. The Hall–Kier alpha value is -1.30. The van der Waals surface area contributed by atoms with Crippen molar-refractivity contribution in [3.8, 4) is 0 Å². The zero-order valence-corrected chi connectivity index (χ0v) is 13.6. The van der Waals surface area contributed by atoms with E-state index >= 15 is 0 Å². The molecule has 1 aliphatic heterocycles. The van der Waals surface area contributed by atoms with Gasteiger partial charge >= 0.3 is 12.0 Å². The molecule has 3 N–H and O–H groups in total. The van der Waals surface area contributed by atoms with E-state index in [1.165, 1.54) is 32.1 Å². The number of rotatable bonds is 5. The minimum absolute atomic E-state index is 0.126. The van der Waals surface area contributed by atoms with Crippen LogP contribution in [0.5, 0.6) is 0 Å². The van der Waals surface area contributed by atoms with E-state index in [-0.39, 0.29) is 17.9 Å². The van der Waals surface area contributed by atoms with Gasteiger partial charge in [0.25, 0.3) is 0 Å². The summed E-state index contributed by atoms with van der Waals surface area (Å²) in [6, 6.07) is 0.364. The highest BCUT2D eigenvalue weighted by Crippen LogP contribution is 2.24. The number of amides is 2. The van der Waals surface area contributed by atoms with Crippen LogP contribution in [0.2, 0.25) is 0 Å². The van der Waals surface area contributed by atoms with Crippen molar-refractivity contribution in [2.75, 3.05) is 19.7 Å². The van der Waals surface area contributed by atoms with Crippen LogP contribution < -0.4 is 11.1 Å². The van der Waals surface area contributed by atoms with Crippen LogP contribution >= 0.6 is 0 Å². The average molecular weight is 311 g/mol. The summed E-state index contributed by atoms with van der Waals surface area (Å²) in [6.07, 6.45) is 7.54. The molecule has 2 unspecified atom stereocenters. The highest BCUT2D eigenvalue weighted by atomic mass is 16.5. The normalized spacial score (nSPS) is 26.7. The van der Waals surface area contributed by atoms with E-state index in [9.17, 15) is 9.59 Å². The molecule has 6 heteroatoms. The Morgan fingerprint density at radius 1 is 1.18 bits per heavy atom. The van der Waals surface area contributed by atoms with Crippen molar-refractivity contribution in [2.45, 2.75) is 64.0 Å². The van der Waals surface area contributed by atoms with Crippen molar-refractivity contribution in [3.05, 3.63) is 0 Å². The zero-order chi connectivity index (χ0) is 15.9. The Morgan fingerprint density at radius 3 is 2.55 bits per heavy atom. The SMILES string of the molecule is CCOC(=O)CC1CC(NC2CCCCC2)CN(C(N)=O)C1. The van der Waals surface area contributed by atoms with Gasteiger partial charge in [0.05, 0.1) is 13.0 Å². The molecule has 0 radical (unpaired) electrons. The summed E-state index contributed by atoms with van der Waals surface area (Å²) < 4.78 is 5.03. The van der Waals surface area contributed by atoms with Crippen LogP contribution in [-0.2, 0) is 9.53 Å². The molecule has 0 aromatic rings. The second-order valence-corrected chi connectivity index (χ2v) is 6.55. The van der Waals surface area contributed by atoms with E-state index in [1.807, 2.05) is 6.92 Å². The number of hydrogen-bond acceptors (Lipinski definition) is 4. The lowest BCUT2D eigenvalue weighted by Crippen LogP contribution is -2.55. The summed E-state index contributed by atoms with van der Waals surface area (Å²) in [7, 11) is 0. The third kappa shape index (κ3) is 5.16. The number of carbonyl (C=O) groups excluding carboxylic acids is 2.